The molecule has 0 aliphatic rings. The fourth-order valence-electron chi connectivity index (χ4n) is 2.97. The maximum absolute atomic E-state index is 12.5. The van der Waals surface area contributed by atoms with Crippen molar-refractivity contribution < 1.29 is 14.3 Å². The summed E-state index contributed by atoms with van der Waals surface area (Å²) in [7, 11) is 1.55. The zero-order valence-electron chi connectivity index (χ0n) is 17.7. The Morgan fingerprint density at radius 2 is 1.27 bits per heavy atom. The summed E-state index contributed by atoms with van der Waals surface area (Å²) >= 11 is 0. The average molecular weight is 402 g/mol. The first kappa shape index (κ1) is 21.1. The molecule has 0 unspecified atom stereocenters. The highest BCUT2D eigenvalue weighted by atomic mass is 16.5. The van der Waals surface area contributed by atoms with Gasteiger partial charge in [0.15, 0.2) is 0 Å². The van der Waals surface area contributed by atoms with E-state index in [0.717, 1.165) is 0 Å². The van der Waals surface area contributed by atoms with Gasteiger partial charge in [-0.2, -0.15) is 0 Å². The first-order chi connectivity index (χ1) is 14.3. The number of ether oxygens (including phenoxy) is 1. The molecule has 3 aromatic rings. The van der Waals surface area contributed by atoms with Crippen molar-refractivity contribution in [3.63, 3.8) is 0 Å². The van der Waals surface area contributed by atoms with Crippen LogP contribution in [0.1, 0.15) is 47.1 Å². The van der Waals surface area contributed by atoms with Crippen molar-refractivity contribution >= 4 is 23.2 Å². The van der Waals surface area contributed by atoms with Crippen LogP contribution in [-0.2, 0) is 5.41 Å². The van der Waals surface area contributed by atoms with Crippen LogP contribution in [0.5, 0.6) is 5.75 Å². The van der Waals surface area contributed by atoms with E-state index in [9.17, 15) is 9.59 Å². The number of rotatable bonds is 5. The zero-order valence-corrected chi connectivity index (χ0v) is 17.7. The Labute approximate surface area is 177 Å². The predicted molar refractivity (Wildman–Crippen MR) is 120 cm³/mol. The summed E-state index contributed by atoms with van der Waals surface area (Å²) in [5.41, 5.74) is 3.49. The summed E-state index contributed by atoms with van der Waals surface area (Å²) in [6.07, 6.45) is 0. The van der Waals surface area contributed by atoms with E-state index < -0.39 is 0 Å². The molecule has 0 bridgehead atoms. The number of hydrogen-bond acceptors (Lipinski definition) is 3. The number of carbonyl (C=O) groups is 2. The normalized spacial score (nSPS) is 10.9. The lowest BCUT2D eigenvalue weighted by Gasteiger charge is -2.19. The molecule has 0 radical (unpaired) electrons. The molecule has 0 saturated heterocycles. The fraction of sp³-hybridized carbons (Fsp3) is 0.200. The van der Waals surface area contributed by atoms with Crippen LogP contribution in [0.3, 0.4) is 0 Å². The molecular weight excluding hydrogens is 376 g/mol. The van der Waals surface area contributed by atoms with Crippen molar-refractivity contribution in [2.45, 2.75) is 26.2 Å². The van der Waals surface area contributed by atoms with E-state index in [1.807, 2.05) is 36.4 Å². The largest absolute Gasteiger partial charge is 0.495 e. The van der Waals surface area contributed by atoms with Gasteiger partial charge in [-0.25, -0.2) is 0 Å². The van der Waals surface area contributed by atoms with Crippen molar-refractivity contribution in [1.82, 2.24) is 0 Å². The highest BCUT2D eigenvalue weighted by Gasteiger charge is 2.15. The summed E-state index contributed by atoms with van der Waals surface area (Å²) in [6.45, 7) is 6.40. The van der Waals surface area contributed by atoms with Crippen LogP contribution < -0.4 is 15.4 Å². The summed E-state index contributed by atoms with van der Waals surface area (Å²) in [5.74, 6) is 0.143. The molecule has 0 saturated carbocycles. The van der Waals surface area contributed by atoms with Gasteiger partial charge in [0, 0.05) is 16.8 Å². The lowest BCUT2D eigenvalue weighted by molar-refractivity contribution is 0.101. The van der Waals surface area contributed by atoms with Gasteiger partial charge in [-0.1, -0.05) is 45.0 Å². The molecule has 30 heavy (non-hydrogen) atoms. The van der Waals surface area contributed by atoms with Gasteiger partial charge in [0.2, 0.25) is 0 Å². The van der Waals surface area contributed by atoms with Gasteiger partial charge >= 0.3 is 0 Å². The van der Waals surface area contributed by atoms with Crippen molar-refractivity contribution in [1.29, 1.82) is 0 Å². The number of methoxy groups -OCH3 is 1. The number of nitrogens with one attached hydrogen (secondary N) is 2. The SMILES string of the molecule is COc1ccccc1NC(=O)c1ccc(NC(=O)c2ccc(C(C)(C)C)cc2)cc1. The van der Waals surface area contributed by atoms with E-state index in [1.165, 1.54) is 5.56 Å². The fourth-order valence-corrected chi connectivity index (χ4v) is 2.97. The van der Waals surface area contributed by atoms with Crippen LogP contribution >= 0.6 is 0 Å². The molecule has 2 N–H and O–H groups in total. The quantitative estimate of drug-likeness (QED) is 0.592. The van der Waals surface area contributed by atoms with Crippen LogP contribution in [0.15, 0.2) is 72.8 Å². The second-order valence-electron chi connectivity index (χ2n) is 8.01. The van der Waals surface area contributed by atoms with Crippen LogP contribution in [0.2, 0.25) is 0 Å². The Bertz CT molecular complexity index is 1030. The lowest BCUT2D eigenvalue weighted by atomic mass is 9.87. The Balaban J connectivity index is 1.65. The lowest BCUT2D eigenvalue weighted by Crippen LogP contribution is -2.15. The number of carbonyl (C=O) groups excluding carboxylic acids is 2. The Kier molecular flexibility index (Phi) is 6.21. The van der Waals surface area contributed by atoms with Crippen molar-refractivity contribution in [3.8, 4) is 5.75 Å². The first-order valence-corrected chi connectivity index (χ1v) is 9.74. The van der Waals surface area contributed by atoms with Crippen LogP contribution in [0.25, 0.3) is 0 Å². The Morgan fingerprint density at radius 3 is 1.83 bits per heavy atom. The van der Waals surface area contributed by atoms with Crippen molar-refractivity contribution in [2.75, 3.05) is 17.7 Å². The minimum Gasteiger partial charge on any atom is -0.495 e. The third-order valence-corrected chi connectivity index (χ3v) is 4.77. The molecule has 0 fully saturated rings. The second kappa shape index (κ2) is 8.82. The van der Waals surface area contributed by atoms with Gasteiger partial charge in [-0.15, -0.1) is 0 Å². The Morgan fingerprint density at radius 1 is 0.733 bits per heavy atom. The number of anilines is 2. The molecule has 3 rings (SSSR count). The van der Waals surface area contributed by atoms with E-state index in [4.69, 9.17) is 4.74 Å². The van der Waals surface area contributed by atoms with Gasteiger partial charge in [0.1, 0.15) is 5.75 Å². The molecule has 154 valence electrons. The third kappa shape index (κ3) is 5.06. The van der Waals surface area contributed by atoms with Gasteiger partial charge in [0.25, 0.3) is 11.8 Å². The smallest absolute Gasteiger partial charge is 0.255 e. The van der Waals surface area contributed by atoms with Crippen LogP contribution in [0, 0.1) is 0 Å². The van der Waals surface area contributed by atoms with E-state index >= 15 is 0 Å². The summed E-state index contributed by atoms with van der Waals surface area (Å²) < 4.78 is 5.25. The molecular formula is C25H26N2O3. The van der Waals surface area contributed by atoms with E-state index in [0.29, 0.717) is 28.3 Å². The standard InChI is InChI=1S/C25H26N2O3/c1-25(2,3)19-13-9-17(10-14-19)23(28)26-20-15-11-18(12-16-20)24(29)27-21-7-5-6-8-22(21)30-4/h5-16H,1-4H3,(H,26,28)(H,27,29). The van der Waals surface area contributed by atoms with Crippen molar-refractivity contribution in [3.05, 3.63) is 89.5 Å². The maximum Gasteiger partial charge on any atom is 0.255 e. The molecule has 0 aliphatic carbocycles. The zero-order chi connectivity index (χ0) is 21.7. The van der Waals surface area contributed by atoms with E-state index in [1.54, 1.807) is 43.5 Å². The number of benzene rings is 3. The number of hydrogen-bond donors (Lipinski definition) is 2. The van der Waals surface area contributed by atoms with Crippen LogP contribution in [-0.4, -0.2) is 18.9 Å². The molecule has 5 heteroatoms. The molecule has 0 aromatic heterocycles. The monoisotopic (exact) mass is 402 g/mol. The topological polar surface area (TPSA) is 67.4 Å². The Hall–Kier alpha value is -3.60. The third-order valence-electron chi connectivity index (χ3n) is 4.77. The molecule has 0 aliphatic heterocycles. The van der Waals surface area contributed by atoms with Gasteiger partial charge in [-0.05, 0) is 59.5 Å². The minimum atomic E-state index is -0.254. The second-order valence-corrected chi connectivity index (χ2v) is 8.01. The number of amides is 2. The highest BCUT2D eigenvalue weighted by Crippen LogP contribution is 2.24. The molecule has 0 heterocycles. The number of para-hydroxylation sites is 2. The summed E-state index contributed by atoms with van der Waals surface area (Å²) in [4.78, 5) is 25.0. The maximum atomic E-state index is 12.5. The minimum absolute atomic E-state index is 0.0369. The van der Waals surface area contributed by atoms with E-state index in [2.05, 4.69) is 31.4 Å². The highest BCUT2D eigenvalue weighted by molar-refractivity contribution is 6.06. The van der Waals surface area contributed by atoms with Gasteiger partial charge in [0.05, 0.1) is 12.8 Å². The van der Waals surface area contributed by atoms with E-state index in [-0.39, 0.29) is 17.2 Å². The molecule has 5 nitrogen and oxygen atoms in total. The molecule has 0 spiro atoms. The molecule has 3 aromatic carbocycles. The van der Waals surface area contributed by atoms with Crippen LogP contribution in [0.4, 0.5) is 11.4 Å². The molecule has 2 amide bonds. The molecule has 0 atom stereocenters. The van der Waals surface area contributed by atoms with Gasteiger partial charge < -0.3 is 15.4 Å². The van der Waals surface area contributed by atoms with Gasteiger partial charge in [-0.3, -0.25) is 9.59 Å². The van der Waals surface area contributed by atoms with Crippen molar-refractivity contribution in [2.24, 2.45) is 0 Å². The summed E-state index contributed by atoms with van der Waals surface area (Å²) in [5, 5.41) is 5.69. The average Bonchev–Trinajstić information content (AvgIpc) is 2.74. The first-order valence-electron chi connectivity index (χ1n) is 9.74. The predicted octanol–water partition coefficient (Wildman–Crippen LogP) is 5.50. The summed E-state index contributed by atoms with van der Waals surface area (Å²) in [6, 6.07) is 21.6.